The van der Waals surface area contributed by atoms with Gasteiger partial charge in [-0.2, -0.15) is 4.98 Å². The zero-order valence-corrected chi connectivity index (χ0v) is 20.9. The molecule has 184 valence electrons. The highest BCUT2D eigenvalue weighted by Crippen LogP contribution is 2.26. The number of aromatic nitrogens is 2. The van der Waals surface area contributed by atoms with Crippen molar-refractivity contribution in [2.75, 3.05) is 37.6 Å². The van der Waals surface area contributed by atoms with Crippen molar-refractivity contribution in [3.8, 4) is 11.4 Å². The SMILES string of the molecule is Cc1ccc(CN2CCC(CNC(=O)C3CCN(c4nc(-c5cccc(Cl)c5)no4)CC3)C2)cc1. The maximum Gasteiger partial charge on any atom is 0.324 e. The van der Waals surface area contributed by atoms with Crippen LogP contribution in [-0.2, 0) is 11.3 Å². The molecule has 0 aliphatic carbocycles. The van der Waals surface area contributed by atoms with E-state index in [0.717, 1.165) is 64.1 Å². The maximum absolute atomic E-state index is 12.8. The third-order valence-corrected chi connectivity index (χ3v) is 7.33. The van der Waals surface area contributed by atoms with E-state index in [1.165, 1.54) is 11.1 Å². The van der Waals surface area contributed by atoms with Crippen molar-refractivity contribution in [1.29, 1.82) is 0 Å². The summed E-state index contributed by atoms with van der Waals surface area (Å²) in [6, 6.07) is 16.7. The van der Waals surface area contributed by atoms with Crippen LogP contribution in [0.1, 0.15) is 30.4 Å². The predicted molar refractivity (Wildman–Crippen MR) is 137 cm³/mol. The van der Waals surface area contributed by atoms with Crippen LogP contribution in [0.15, 0.2) is 53.1 Å². The molecule has 0 radical (unpaired) electrons. The molecule has 2 fully saturated rings. The molecule has 2 aromatic carbocycles. The molecule has 0 bridgehead atoms. The Morgan fingerprint density at radius 1 is 1.11 bits per heavy atom. The van der Waals surface area contributed by atoms with E-state index in [0.29, 0.717) is 22.8 Å². The van der Waals surface area contributed by atoms with Crippen LogP contribution >= 0.6 is 11.6 Å². The molecule has 8 heteroatoms. The topological polar surface area (TPSA) is 74.5 Å². The van der Waals surface area contributed by atoms with Gasteiger partial charge in [0.05, 0.1) is 0 Å². The second-order valence-electron chi connectivity index (χ2n) is 9.79. The van der Waals surface area contributed by atoms with E-state index >= 15 is 0 Å². The Labute approximate surface area is 211 Å². The number of carbonyl (C=O) groups excluding carboxylic acids is 1. The molecule has 1 atom stereocenters. The smallest absolute Gasteiger partial charge is 0.324 e. The number of anilines is 1. The van der Waals surface area contributed by atoms with Crippen molar-refractivity contribution in [2.45, 2.75) is 32.7 Å². The highest BCUT2D eigenvalue weighted by Gasteiger charge is 2.29. The summed E-state index contributed by atoms with van der Waals surface area (Å²) in [5.41, 5.74) is 3.47. The van der Waals surface area contributed by atoms with E-state index in [1.807, 2.05) is 24.3 Å². The third-order valence-electron chi connectivity index (χ3n) is 7.10. The molecular weight excluding hydrogens is 462 g/mol. The van der Waals surface area contributed by atoms with Gasteiger partial charge in [-0.15, -0.1) is 0 Å². The molecule has 0 spiro atoms. The third kappa shape index (κ3) is 6.03. The molecule has 5 rings (SSSR count). The highest BCUT2D eigenvalue weighted by molar-refractivity contribution is 6.30. The van der Waals surface area contributed by atoms with Crippen LogP contribution in [-0.4, -0.2) is 53.7 Å². The summed E-state index contributed by atoms with van der Waals surface area (Å²) in [5, 5.41) is 7.96. The molecule has 1 aromatic heterocycles. The van der Waals surface area contributed by atoms with Gasteiger partial charge in [0.1, 0.15) is 0 Å². The zero-order chi connectivity index (χ0) is 24.2. The monoisotopic (exact) mass is 493 g/mol. The lowest BCUT2D eigenvalue weighted by Gasteiger charge is -2.30. The summed E-state index contributed by atoms with van der Waals surface area (Å²) in [4.78, 5) is 21.9. The molecule has 2 aliphatic rings. The van der Waals surface area contributed by atoms with Crippen LogP contribution < -0.4 is 10.2 Å². The van der Waals surface area contributed by atoms with E-state index in [2.05, 4.69) is 56.4 Å². The van der Waals surface area contributed by atoms with Gasteiger partial charge in [0.25, 0.3) is 0 Å². The molecule has 7 nitrogen and oxygen atoms in total. The number of benzene rings is 2. The summed E-state index contributed by atoms with van der Waals surface area (Å²) < 4.78 is 5.48. The molecule has 3 aromatic rings. The molecule has 35 heavy (non-hydrogen) atoms. The number of nitrogens with one attached hydrogen (secondary N) is 1. The average molecular weight is 494 g/mol. The minimum absolute atomic E-state index is 0.0339. The summed E-state index contributed by atoms with van der Waals surface area (Å²) in [7, 11) is 0. The van der Waals surface area contributed by atoms with E-state index in [-0.39, 0.29) is 11.8 Å². The summed E-state index contributed by atoms with van der Waals surface area (Å²) in [6.45, 7) is 7.44. The minimum Gasteiger partial charge on any atom is -0.356 e. The van der Waals surface area contributed by atoms with Gasteiger partial charge in [0.15, 0.2) is 0 Å². The zero-order valence-electron chi connectivity index (χ0n) is 20.1. The largest absolute Gasteiger partial charge is 0.356 e. The van der Waals surface area contributed by atoms with Gasteiger partial charge >= 0.3 is 6.01 Å². The quantitative estimate of drug-likeness (QED) is 0.520. The molecule has 1 unspecified atom stereocenters. The fourth-order valence-corrected chi connectivity index (χ4v) is 5.18. The first-order valence-corrected chi connectivity index (χ1v) is 12.8. The van der Waals surface area contributed by atoms with Gasteiger partial charge in [0.2, 0.25) is 11.7 Å². The standard InChI is InChI=1S/C27H32ClN5O2/c1-19-5-7-20(8-6-19)17-32-12-9-21(18-32)16-29-26(34)22-10-13-33(14-11-22)27-30-25(31-35-27)23-3-2-4-24(28)15-23/h2-8,15,21-22H,9-14,16-18H2,1H3,(H,29,34). The second-order valence-corrected chi connectivity index (χ2v) is 10.2. The Balaban J connectivity index is 1.05. The number of aryl methyl sites for hydroxylation is 1. The molecule has 2 saturated heterocycles. The first kappa shape index (κ1) is 23.8. The number of nitrogens with zero attached hydrogens (tertiary/aromatic N) is 4. The van der Waals surface area contributed by atoms with Crippen LogP contribution in [0.2, 0.25) is 5.02 Å². The number of amides is 1. The van der Waals surface area contributed by atoms with E-state index in [1.54, 1.807) is 0 Å². The molecule has 1 amide bonds. The van der Waals surface area contributed by atoms with Crippen molar-refractivity contribution in [2.24, 2.45) is 11.8 Å². The molecule has 3 heterocycles. The Morgan fingerprint density at radius 3 is 2.69 bits per heavy atom. The van der Waals surface area contributed by atoms with Crippen molar-refractivity contribution < 1.29 is 9.32 Å². The Hall–Kier alpha value is -2.90. The Morgan fingerprint density at radius 2 is 1.91 bits per heavy atom. The van der Waals surface area contributed by atoms with Crippen LogP contribution in [0.3, 0.4) is 0 Å². The number of piperidine rings is 1. The molecule has 2 aliphatic heterocycles. The van der Waals surface area contributed by atoms with Crippen LogP contribution in [0, 0.1) is 18.8 Å². The normalized spacial score (nSPS) is 19.3. The van der Waals surface area contributed by atoms with Gasteiger partial charge in [-0.3, -0.25) is 9.69 Å². The van der Waals surface area contributed by atoms with Gasteiger partial charge < -0.3 is 14.7 Å². The molecule has 0 saturated carbocycles. The van der Waals surface area contributed by atoms with Gasteiger partial charge in [0, 0.05) is 49.2 Å². The van der Waals surface area contributed by atoms with Crippen molar-refractivity contribution in [3.63, 3.8) is 0 Å². The van der Waals surface area contributed by atoms with Gasteiger partial charge in [-0.05, 0) is 56.3 Å². The van der Waals surface area contributed by atoms with Crippen molar-refractivity contribution in [1.82, 2.24) is 20.4 Å². The summed E-state index contributed by atoms with van der Waals surface area (Å²) in [6.07, 6.45) is 2.70. The lowest BCUT2D eigenvalue weighted by molar-refractivity contribution is -0.125. The fourth-order valence-electron chi connectivity index (χ4n) is 4.99. The van der Waals surface area contributed by atoms with Crippen LogP contribution in [0.5, 0.6) is 0 Å². The predicted octanol–water partition coefficient (Wildman–Crippen LogP) is 4.55. The van der Waals surface area contributed by atoms with Crippen molar-refractivity contribution >= 4 is 23.5 Å². The second kappa shape index (κ2) is 10.8. The number of hydrogen-bond donors (Lipinski definition) is 1. The summed E-state index contributed by atoms with van der Waals surface area (Å²) >= 11 is 6.07. The fraction of sp³-hybridized carbons (Fsp3) is 0.444. The number of rotatable bonds is 7. The Kier molecular flexibility index (Phi) is 7.35. The Bertz CT molecular complexity index is 1140. The van der Waals surface area contributed by atoms with E-state index in [4.69, 9.17) is 16.1 Å². The van der Waals surface area contributed by atoms with E-state index < -0.39 is 0 Å². The number of halogens is 1. The number of hydrogen-bond acceptors (Lipinski definition) is 6. The minimum atomic E-state index is 0.0339. The van der Waals surface area contributed by atoms with Gasteiger partial charge in [-0.1, -0.05) is 58.7 Å². The number of carbonyl (C=O) groups is 1. The lowest BCUT2D eigenvalue weighted by atomic mass is 9.96. The van der Waals surface area contributed by atoms with Crippen molar-refractivity contribution in [3.05, 3.63) is 64.7 Å². The molecule has 1 N–H and O–H groups in total. The lowest BCUT2D eigenvalue weighted by Crippen LogP contribution is -2.42. The first-order chi connectivity index (χ1) is 17.0. The van der Waals surface area contributed by atoms with Crippen LogP contribution in [0.25, 0.3) is 11.4 Å². The van der Waals surface area contributed by atoms with E-state index in [9.17, 15) is 4.79 Å². The maximum atomic E-state index is 12.8. The first-order valence-electron chi connectivity index (χ1n) is 12.4. The van der Waals surface area contributed by atoms with Crippen LogP contribution in [0.4, 0.5) is 6.01 Å². The highest BCUT2D eigenvalue weighted by atomic mass is 35.5. The van der Waals surface area contributed by atoms with Gasteiger partial charge in [-0.25, -0.2) is 0 Å². The average Bonchev–Trinajstić information content (AvgIpc) is 3.54. The summed E-state index contributed by atoms with van der Waals surface area (Å²) in [5.74, 6) is 1.25. The number of likely N-dealkylation sites (tertiary alicyclic amines) is 1. The molecular formula is C27H32ClN5O2.